The molecule has 0 N–H and O–H groups in total. The second kappa shape index (κ2) is 11.0. The number of nitro benzene ring substituents is 1. The van der Waals surface area contributed by atoms with E-state index in [4.69, 9.17) is 4.74 Å². The molecule has 34 heavy (non-hydrogen) atoms. The van der Waals surface area contributed by atoms with Gasteiger partial charge in [0.15, 0.2) is 5.69 Å². The molecule has 2 aromatic carbocycles. The van der Waals surface area contributed by atoms with E-state index in [-0.39, 0.29) is 11.4 Å². The highest BCUT2D eigenvalue weighted by Gasteiger charge is 2.21. The van der Waals surface area contributed by atoms with Crippen molar-refractivity contribution in [3.63, 3.8) is 0 Å². The van der Waals surface area contributed by atoms with Gasteiger partial charge in [-0.3, -0.25) is 10.1 Å². The quantitative estimate of drug-likeness (QED) is 0.105. The van der Waals surface area contributed by atoms with Crippen LogP contribution in [0.4, 0.5) is 5.69 Å². The number of nitro groups is 1. The predicted octanol–water partition coefficient (Wildman–Crippen LogP) is 5.82. The van der Waals surface area contributed by atoms with Crippen molar-refractivity contribution in [3.05, 3.63) is 99.8 Å². The topological polar surface area (TPSA) is 104 Å². The molecule has 0 amide bonds. The Morgan fingerprint density at radius 1 is 1.06 bits per heavy atom. The monoisotopic (exact) mass is 459 g/mol. The lowest BCUT2D eigenvalue weighted by Gasteiger charge is -2.06. The molecular weight excluding hydrogens is 434 g/mol. The molecule has 3 aromatic rings. The summed E-state index contributed by atoms with van der Waals surface area (Å²) in [6.07, 6.45) is 4.84. The highest BCUT2D eigenvalue weighted by Crippen LogP contribution is 2.23. The Bertz CT molecular complexity index is 1250. The third-order valence-corrected chi connectivity index (χ3v) is 4.94. The fraction of sp³-hybridized carbons (Fsp3) is 0.192. The minimum Gasteiger partial charge on any atom is -0.385 e. The minimum absolute atomic E-state index is 0.0247. The number of non-ortho nitro benzene ring substituents is 1. The molecule has 0 aliphatic heterocycles. The van der Waals surface area contributed by atoms with E-state index in [2.05, 4.69) is 11.2 Å². The third kappa shape index (κ3) is 6.35. The summed E-state index contributed by atoms with van der Waals surface area (Å²) in [5, 5.41) is 15.5. The van der Waals surface area contributed by atoms with Crippen molar-refractivity contribution in [2.45, 2.75) is 33.6 Å². The van der Waals surface area contributed by atoms with Crippen molar-refractivity contribution in [2.24, 2.45) is 0 Å². The number of esters is 2. The minimum atomic E-state index is -0.869. The van der Waals surface area contributed by atoms with Crippen molar-refractivity contribution in [1.82, 2.24) is 9.78 Å². The number of nitrogens with zero attached hydrogens (tertiary/aromatic N) is 3. The molecule has 8 nitrogen and oxygen atoms in total. The number of carbonyl (C=O) groups excluding carboxylic acids is 2. The molecule has 3 rings (SSSR count). The zero-order chi connectivity index (χ0) is 24.7. The molecule has 0 bridgehead atoms. The van der Waals surface area contributed by atoms with Crippen molar-refractivity contribution >= 4 is 17.6 Å². The van der Waals surface area contributed by atoms with Gasteiger partial charge >= 0.3 is 11.9 Å². The summed E-state index contributed by atoms with van der Waals surface area (Å²) in [7, 11) is 0. The SMILES string of the molecule is CC(C)=CCC/C(C)=C/C(=O)OC(=O)c1cc(-c2ccccc2)nn1-c1ccc([N+](=O)[O-])cc1. The number of benzene rings is 2. The molecule has 0 fully saturated rings. The van der Waals surface area contributed by atoms with Crippen LogP contribution in [0.5, 0.6) is 0 Å². The molecule has 0 aliphatic rings. The Morgan fingerprint density at radius 3 is 2.35 bits per heavy atom. The molecule has 0 unspecified atom stereocenters. The molecule has 0 saturated carbocycles. The molecular formula is C26H25N3O5. The Morgan fingerprint density at radius 2 is 1.74 bits per heavy atom. The fourth-order valence-electron chi connectivity index (χ4n) is 3.22. The fourth-order valence-corrected chi connectivity index (χ4v) is 3.22. The molecule has 0 saturated heterocycles. The zero-order valence-corrected chi connectivity index (χ0v) is 19.2. The van der Waals surface area contributed by atoms with Crippen LogP contribution in [0.15, 0.2) is 84.0 Å². The summed E-state index contributed by atoms with van der Waals surface area (Å²) in [6.45, 7) is 5.81. The average Bonchev–Trinajstić information content (AvgIpc) is 3.25. The molecule has 8 heteroatoms. The first-order chi connectivity index (χ1) is 16.2. The average molecular weight is 460 g/mol. The molecule has 0 radical (unpaired) electrons. The number of aromatic nitrogens is 2. The molecule has 1 heterocycles. The largest absolute Gasteiger partial charge is 0.385 e. The second-order valence-electron chi connectivity index (χ2n) is 7.99. The lowest BCUT2D eigenvalue weighted by atomic mass is 10.1. The summed E-state index contributed by atoms with van der Waals surface area (Å²) < 4.78 is 6.38. The van der Waals surface area contributed by atoms with Gasteiger partial charge in [0.05, 0.1) is 16.3 Å². The zero-order valence-electron chi connectivity index (χ0n) is 19.2. The summed E-state index contributed by atoms with van der Waals surface area (Å²) in [5.74, 6) is -1.64. The van der Waals surface area contributed by atoms with E-state index in [0.717, 1.165) is 17.6 Å². The van der Waals surface area contributed by atoms with Crippen LogP contribution in [-0.2, 0) is 9.53 Å². The lowest BCUT2D eigenvalue weighted by Crippen LogP contribution is -2.15. The highest BCUT2D eigenvalue weighted by molar-refractivity contribution is 6.00. The van der Waals surface area contributed by atoms with Gasteiger partial charge in [0.1, 0.15) is 0 Å². The van der Waals surface area contributed by atoms with Gasteiger partial charge in [-0.1, -0.05) is 47.6 Å². The van der Waals surface area contributed by atoms with Crippen LogP contribution in [-0.4, -0.2) is 26.6 Å². The smallest absolute Gasteiger partial charge is 0.364 e. The third-order valence-electron chi connectivity index (χ3n) is 4.94. The molecule has 0 spiro atoms. The van der Waals surface area contributed by atoms with Gasteiger partial charge in [-0.05, 0) is 51.8 Å². The maximum Gasteiger partial charge on any atom is 0.364 e. The van der Waals surface area contributed by atoms with Crippen LogP contribution >= 0.6 is 0 Å². The maximum absolute atomic E-state index is 12.9. The van der Waals surface area contributed by atoms with Gasteiger partial charge in [-0.15, -0.1) is 0 Å². The maximum atomic E-state index is 12.9. The van der Waals surface area contributed by atoms with Gasteiger partial charge in [0, 0.05) is 23.8 Å². The summed E-state index contributed by atoms with van der Waals surface area (Å²) in [6, 6.07) is 16.3. The van der Waals surface area contributed by atoms with Crippen molar-refractivity contribution in [2.75, 3.05) is 0 Å². The van der Waals surface area contributed by atoms with Crippen LogP contribution in [0.3, 0.4) is 0 Å². The van der Waals surface area contributed by atoms with E-state index >= 15 is 0 Å². The van der Waals surface area contributed by atoms with Crippen molar-refractivity contribution in [1.29, 1.82) is 0 Å². The first kappa shape index (κ1) is 24.3. The number of allylic oxidation sites excluding steroid dienone is 3. The van der Waals surface area contributed by atoms with Crippen LogP contribution in [0.25, 0.3) is 16.9 Å². The van der Waals surface area contributed by atoms with Crippen LogP contribution in [0.1, 0.15) is 44.1 Å². The number of hydrogen-bond donors (Lipinski definition) is 0. The van der Waals surface area contributed by atoms with Crippen molar-refractivity contribution in [3.8, 4) is 16.9 Å². The molecule has 1 aromatic heterocycles. The molecule has 0 atom stereocenters. The van der Waals surface area contributed by atoms with Gasteiger partial charge in [-0.25, -0.2) is 14.3 Å². The molecule has 0 aliphatic carbocycles. The Hall–Kier alpha value is -4.33. The number of rotatable bonds is 8. The van der Waals surface area contributed by atoms with Gasteiger partial charge in [-0.2, -0.15) is 5.10 Å². The van der Waals surface area contributed by atoms with Gasteiger partial charge in [0.25, 0.3) is 5.69 Å². The molecule has 174 valence electrons. The van der Waals surface area contributed by atoms with Crippen molar-refractivity contribution < 1.29 is 19.2 Å². The first-order valence-electron chi connectivity index (χ1n) is 10.7. The Balaban J connectivity index is 1.88. The van der Waals surface area contributed by atoms with E-state index in [1.54, 1.807) is 6.92 Å². The number of ether oxygens (including phenoxy) is 1. The van der Waals surface area contributed by atoms with Gasteiger partial charge in [0.2, 0.25) is 0 Å². The Labute approximate surface area is 197 Å². The van der Waals surface area contributed by atoms with Gasteiger partial charge < -0.3 is 4.74 Å². The Kier molecular flexibility index (Phi) is 7.87. The van der Waals surface area contributed by atoms with E-state index in [0.29, 0.717) is 17.8 Å². The number of hydrogen-bond acceptors (Lipinski definition) is 6. The van der Waals surface area contributed by atoms with E-state index in [1.807, 2.05) is 44.2 Å². The van der Waals surface area contributed by atoms with E-state index in [1.165, 1.54) is 46.7 Å². The summed E-state index contributed by atoms with van der Waals surface area (Å²) in [5.41, 5.74) is 3.60. The second-order valence-corrected chi connectivity index (χ2v) is 7.99. The normalized spacial score (nSPS) is 11.1. The standard InChI is InChI=1S/C26H25N3O5/c1-18(2)8-7-9-19(3)16-25(30)34-26(31)24-17-23(20-10-5-4-6-11-20)27-28(24)21-12-14-22(15-13-21)29(32)33/h4-6,8,10-17H,7,9H2,1-3H3/b19-16+. The van der Waals surface area contributed by atoms with E-state index in [9.17, 15) is 19.7 Å². The lowest BCUT2D eigenvalue weighted by molar-refractivity contribution is -0.384. The van der Waals surface area contributed by atoms with Crippen LogP contribution < -0.4 is 0 Å². The summed E-state index contributed by atoms with van der Waals surface area (Å²) in [4.78, 5) is 35.7. The van der Waals surface area contributed by atoms with Crippen LogP contribution in [0.2, 0.25) is 0 Å². The highest BCUT2D eigenvalue weighted by atomic mass is 16.6. The number of carbonyl (C=O) groups is 2. The predicted molar refractivity (Wildman–Crippen MR) is 128 cm³/mol. The van der Waals surface area contributed by atoms with E-state index < -0.39 is 16.9 Å². The van der Waals surface area contributed by atoms with Crippen LogP contribution in [0, 0.1) is 10.1 Å². The summed E-state index contributed by atoms with van der Waals surface area (Å²) >= 11 is 0. The first-order valence-corrected chi connectivity index (χ1v) is 10.7.